The second-order valence-electron chi connectivity index (χ2n) is 6.13. The van der Waals surface area contributed by atoms with E-state index in [1.54, 1.807) is 6.92 Å². The summed E-state index contributed by atoms with van der Waals surface area (Å²) in [6.45, 7) is 1.56. The van der Waals surface area contributed by atoms with Gasteiger partial charge in [-0.3, -0.25) is 4.79 Å². The Kier molecular flexibility index (Phi) is 6.63. The lowest BCUT2D eigenvalue weighted by Crippen LogP contribution is -2.30. The fourth-order valence-corrected chi connectivity index (χ4v) is 3.24. The smallest absolute Gasteiger partial charge is 0.242 e. The van der Waals surface area contributed by atoms with Gasteiger partial charge in [-0.25, -0.2) is 21.5 Å². The number of amides is 1. The average Bonchev–Trinajstić information content (AvgIpc) is 2.60. The third-order valence-corrected chi connectivity index (χ3v) is 5.74. The molecule has 27 heavy (non-hydrogen) atoms. The van der Waals surface area contributed by atoms with Crippen LogP contribution in [-0.4, -0.2) is 39.3 Å². The van der Waals surface area contributed by atoms with Crippen molar-refractivity contribution < 1.29 is 22.0 Å². The molecule has 0 aliphatic carbocycles. The molecule has 0 spiro atoms. The van der Waals surface area contributed by atoms with Crippen LogP contribution in [0.4, 0.5) is 14.5 Å². The van der Waals surface area contributed by atoms with Crippen LogP contribution in [0.3, 0.4) is 0 Å². The highest BCUT2D eigenvalue weighted by Gasteiger charge is 2.17. The van der Waals surface area contributed by atoms with Gasteiger partial charge in [0.2, 0.25) is 15.9 Å². The minimum Gasteiger partial charge on any atom is -0.325 e. The third kappa shape index (κ3) is 5.31. The number of carbonyl (C=O) groups excluding carboxylic acids is 1. The van der Waals surface area contributed by atoms with Crippen molar-refractivity contribution in [3.63, 3.8) is 0 Å². The Morgan fingerprint density at radius 1 is 1.11 bits per heavy atom. The summed E-state index contributed by atoms with van der Waals surface area (Å²) in [5.41, 5.74) is 0.683. The molecule has 1 atom stereocenters. The molecule has 0 aliphatic rings. The summed E-state index contributed by atoms with van der Waals surface area (Å²) in [7, 11) is -0.671. The van der Waals surface area contributed by atoms with Gasteiger partial charge in [-0.15, -0.1) is 0 Å². The van der Waals surface area contributed by atoms with Crippen LogP contribution in [0.15, 0.2) is 47.4 Å². The number of rotatable bonds is 7. The van der Waals surface area contributed by atoms with Crippen LogP contribution in [0.2, 0.25) is 0 Å². The third-order valence-electron chi connectivity index (χ3n) is 3.91. The maximum absolute atomic E-state index is 13.7. The van der Waals surface area contributed by atoms with Gasteiger partial charge in [0.1, 0.15) is 11.6 Å². The average molecular weight is 397 g/mol. The normalized spacial score (nSPS) is 12.8. The largest absolute Gasteiger partial charge is 0.325 e. The van der Waals surface area contributed by atoms with Gasteiger partial charge in [-0.1, -0.05) is 6.07 Å². The second-order valence-corrected chi connectivity index (χ2v) is 8.28. The molecule has 6 nitrogen and oxygen atoms in total. The molecular weight excluding hydrogens is 376 g/mol. The lowest BCUT2D eigenvalue weighted by atomic mass is 10.1. The molecule has 0 bridgehead atoms. The zero-order valence-corrected chi connectivity index (χ0v) is 16.0. The van der Waals surface area contributed by atoms with Crippen molar-refractivity contribution in [3.05, 3.63) is 59.7 Å². The summed E-state index contributed by atoms with van der Waals surface area (Å²) in [5, 5.41) is 5.47. The molecule has 0 heterocycles. The van der Waals surface area contributed by atoms with E-state index in [1.165, 1.54) is 44.4 Å². The van der Waals surface area contributed by atoms with Crippen molar-refractivity contribution in [2.24, 2.45) is 0 Å². The van der Waals surface area contributed by atoms with E-state index in [-0.39, 0.29) is 22.9 Å². The number of nitrogens with zero attached hydrogens (tertiary/aromatic N) is 1. The molecule has 2 N–H and O–H groups in total. The number of halogens is 2. The van der Waals surface area contributed by atoms with Gasteiger partial charge in [-0.2, -0.15) is 0 Å². The number of anilines is 1. The standard InChI is InChI=1S/C18H21F2N3O3S/c1-12(16-9-4-13(19)10-17(16)20)21-11-18(24)22-14-5-7-15(8-6-14)27(25,26)23(2)3/h4-10,12,21H,11H2,1-3H3,(H,22,24)/t12-/m1/s1. The molecule has 2 rings (SSSR count). The highest BCUT2D eigenvalue weighted by molar-refractivity contribution is 7.89. The first-order valence-electron chi connectivity index (χ1n) is 8.12. The Balaban J connectivity index is 1.94. The van der Waals surface area contributed by atoms with Crippen molar-refractivity contribution in [2.45, 2.75) is 17.9 Å². The van der Waals surface area contributed by atoms with Crippen molar-refractivity contribution >= 4 is 21.6 Å². The number of benzene rings is 2. The molecule has 0 aromatic heterocycles. The fraction of sp³-hybridized carbons (Fsp3) is 0.278. The first kappa shape index (κ1) is 20.9. The minimum atomic E-state index is -3.54. The summed E-state index contributed by atoms with van der Waals surface area (Å²) in [6, 6.07) is 8.53. The summed E-state index contributed by atoms with van der Waals surface area (Å²) >= 11 is 0. The molecule has 0 saturated heterocycles. The highest BCUT2D eigenvalue weighted by atomic mass is 32.2. The van der Waals surface area contributed by atoms with Gasteiger partial charge in [-0.05, 0) is 37.3 Å². The number of sulfonamides is 1. The van der Waals surface area contributed by atoms with Crippen LogP contribution >= 0.6 is 0 Å². The monoisotopic (exact) mass is 397 g/mol. The Labute approximate surface area is 157 Å². The quantitative estimate of drug-likeness (QED) is 0.753. The predicted molar refractivity (Wildman–Crippen MR) is 98.7 cm³/mol. The van der Waals surface area contributed by atoms with Gasteiger partial charge in [0.15, 0.2) is 0 Å². The van der Waals surface area contributed by atoms with Crippen LogP contribution < -0.4 is 10.6 Å². The van der Waals surface area contributed by atoms with E-state index in [4.69, 9.17) is 0 Å². The Hall–Kier alpha value is -2.36. The molecule has 146 valence electrons. The Bertz CT molecular complexity index is 916. The zero-order valence-electron chi connectivity index (χ0n) is 15.2. The van der Waals surface area contributed by atoms with E-state index in [1.807, 2.05) is 0 Å². The van der Waals surface area contributed by atoms with Crippen molar-refractivity contribution in [1.82, 2.24) is 9.62 Å². The maximum atomic E-state index is 13.7. The zero-order chi connectivity index (χ0) is 20.2. The van der Waals surface area contributed by atoms with Gasteiger partial charge in [0.25, 0.3) is 0 Å². The molecule has 0 aliphatic heterocycles. The van der Waals surface area contributed by atoms with Crippen LogP contribution in [0.25, 0.3) is 0 Å². The Morgan fingerprint density at radius 3 is 2.30 bits per heavy atom. The topological polar surface area (TPSA) is 78.5 Å². The van der Waals surface area contributed by atoms with Crippen molar-refractivity contribution in [2.75, 3.05) is 26.0 Å². The molecule has 9 heteroatoms. The molecule has 2 aromatic carbocycles. The Morgan fingerprint density at radius 2 is 1.74 bits per heavy atom. The van der Waals surface area contributed by atoms with Crippen LogP contribution in [-0.2, 0) is 14.8 Å². The predicted octanol–water partition coefficient (Wildman–Crippen LogP) is 2.50. The van der Waals surface area contributed by atoms with E-state index < -0.39 is 27.7 Å². The van der Waals surface area contributed by atoms with E-state index in [0.717, 1.165) is 16.4 Å². The van der Waals surface area contributed by atoms with E-state index in [2.05, 4.69) is 10.6 Å². The fourth-order valence-electron chi connectivity index (χ4n) is 2.33. The van der Waals surface area contributed by atoms with Crippen LogP contribution in [0.5, 0.6) is 0 Å². The number of nitrogens with one attached hydrogen (secondary N) is 2. The molecule has 0 saturated carbocycles. The van der Waals surface area contributed by atoms with Gasteiger partial charge in [0.05, 0.1) is 11.4 Å². The molecule has 0 unspecified atom stereocenters. The van der Waals surface area contributed by atoms with E-state index in [0.29, 0.717) is 5.69 Å². The summed E-state index contributed by atoms with van der Waals surface area (Å²) in [6.07, 6.45) is 0. The van der Waals surface area contributed by atoms with E-state index >= 15 is 0 Å². The maximum Gasteiger partial charge on any atom is 0.242 e. The van der Waals surface area contributed by atoms with Gasteiger partial charge < -0.3 is 10.6 Å². The SMILES string of the molecule is C[C@@H](NCC(=O)Nc1ccc(S(=O)(=O)N(C)C)cc1)c1ccc(F)cc1F. The van der Waals surface area contributed by atoms with Gasteiger partial charge in [0, 0.05) is 37.5 Å². The summed E-state index contributed by atoms with van der Waals surface area (Å²) in [5.74, 6) is -1.73. The minimum absolute atomic E-state index is 0.101. The molecule has 1 amide bonds. The van der Waals surface area contributed by atoms with Crippen LogP contribution in [0, 0.1) is 11.6 Å². The van der Waals surface area contributed by atoms with Gasteiger partial charge >= 0.3 is 0 Å². The van der Waals surface area contributed by atoms with Crippen molar-refractivity contribution in [1.29, 1.82) is 0 Å². The van der Waals surface area contributed by atoms with Crippen molar-refractivity contribution in [3.8, 4) is 0 Å². The molecule has 0 fully saturated rings. The van der Waals surface area contributed by atoms with Crippen LogP contribution in [0.1, 0.15) is 18.5 Å². The molecule has 2 aromatic rings. The lowest BCUT2D eigenvalue weighted by Gasteiger charge is -2.15. The first-order chi connectivity index (χ1) is 12.6. The van der Waals surface area contributed by atoms with E-state index in [9.17, 15) is 22.0 Å². The summed E-state index contributed by atoms with van der Waals surface area (Å²) < 4.78 is 51.8. The number of hydrogen-bond donors (Lipinski definition) is 2. The molecular formula is C18H21F2N3O3S. The first-order valence-corrected chi connectivity index (χ1v) is 9.56. The second kappa shape index (κ2) is 8.55. The molecule has 0 radical (unpaired) electrons. The number of carbonyl (C=O) groups is 1. The number of hydrogen-bond acceptors (Lipinski definition) is 4. The summed E-state index contributed by atoms with van der Waals surface area (Å²) in [4.78, 5) is 12.1. The lowest BCUT2D eigenvalue weighted by molar-refractivity contribution is -0.115. The highest BCUT2D eigenvalue weighted by Crippen LogP contribution is 2.18.